The number of Topliss-reactive ketones (excluding diaryl/α,β-unsaturated/α-hetero) is 1. The van der Waals surface area contributed by atoms with Crippen molar-refractivity contribution in [3.63, 3.8) is 0 Å². The Balaban J connectivity index is 1.62. The zero-order chi connectivity index (χ0) is 27.5. The van der Waals surface area contributed by atoms with Crippen molar-refractivity contribution in [2.45, 2.75) is 44.2 Å². The number of nitrogens with zero attached hydrogens (tertiary/aromatic N) is 1. The number of hydrogen-bond donors (Lipinski definition) is 3. The quantitative estimate of drug-likeness (QED) is 0.321. The highest BCUT2D eigenvalue weighted by atomic mass is 19.1. The van der Waals surface area contributed by atoms with Gasteiger partial charge in [0.25, 0.3) is 0 Å². The van der Waals surface area contributed by atoms with Crippen LogP contribution >= 0.6 is 0 Å². The van der Waals surface area contributed by atoms with Crippen molar-refractivity contribution >= 4 is 5.78 Å². The Morgan fingerprint density at radius 2 is 1.95 bits per heavy atom. The smallest absolute Gasteiger partial charge is 0.163 e. The number of nitrogens with two attached hydrogens (primary N) is 1. The molecule has 2 atom stereocenters. The fourth-order valence-electron chi connectivity index (χ4n) is 4.45. The van der Waals surface area contributed by atoms with Gasteiger partial charge in [0.15, 0.2) is 23.0 Å². The van der Waals surface area contributed by atoms with Crippen LogP contribution in [0.15, 0.2) is 48.5 Å². The summed E-state index contributed by atoms with van der Waals surface area (Å²) in [5, 5.41) is 20.5. The molecule has 1 aliphatic heterocycles. The Kier molecular flexibility index (Phi) is 8.01. The van der Waals surface area contributed by atoms with Crippen LogP contribution in [-0.2, 0) is 11.1 Å². The van der Waals surface area contributed by atoms with E-state index in [-0.39, 0.29) is 44.3 Å². The van der Waals surface area contributed by atoms with E-state index in [9.17, 15) is 14.3 Å². The molecule has 0 fully saturated rings. The number of carbonyl (C=O) groups is 1. The summed E-state index contributed by atoms with van der Waals surface area (Å²) in [4.78, 5) is 17.7. The number of fused-ring (bicyclic) bond motifs is 1. The number of aromatic nitrogens is 1. The second kappa shape index (κ2) is 11.1. The minimum absolute atomic E-state index is 0.0374. The maximum atomic E-state index is 13.6. The fourth-order valence-corrected chi connectivity index (χ4v) is 4.45. The van der Waals surface area contributed by atoms with E-state index in [4.69, 9.17) is 30.0 Å². The van der Waals surface area contributed by atoms with Crippen LogP contribution in [0.2, 0.25) is 0 Å². The third kappa shape index (κ3) is 5.50. The van der Waals surface area contributed by atoms with Gasteiger partial charge in [0, 0.05) is 23.1 Å². The summed E-state index contributed by atoms with van der Waals surface area (Å²) in [6.07, 6.45) is 0.735. The average molecular weight is 525 g/mol. The van der Waals surface area contributed by atoms with Crippen LogP contribution in [0.3, 0.4) is 0 Å². The van der Waals surface area contributed by atoms with Crippen molar-refractivity contribution in [1.82, 2.24) is 4.98 Å². The van der Waals surface area contributed by atoms with E-state index >= 15 is 0 Å². The van der Waals surface area contributed by atoms with E-state index < -0.39 is 11.1 Å². The van der Waals surface area contributed by atoms with Crippen molar-refractivity contribution in [3.8, 4) is 28.5 Å². The van der Waals surface area contributed by atoms with Crippen molar-refractivity contribution in [2.24, 2.45) is 5.73 Å². The largest absolute Gasteiger partial charge is 0.493 e. The van der Waals surface area contributed by atoms with Crippen molar-refractivity contribution < 1.29 is 33.6 Å². The van der Waals surface area contributed by atoms with E-state index in [1.165, 1.54) is 19.2 Å². The number of carbonyl (C=O) groups excluding carboxylic acids is 1. The van der Waals surface area contributed by atoms with Gasteiger partial charge in [-0.05, 0) is 68.3 Å². The van der Waals surface area contributed by atoms with Crippen LogP contribution < -0.4 is 19.9 Å². The first-order chi connectivity index (χ1) is 18.1. The van der Waals surface area contributed by atoms with Gasteiger partial charge < -0.3 is 30.2 Å². The molecule has 0 unspecified atom stereocenters. The lowest BCUT2D eigenvalue weighted by atomic mass is 9.86. The minimum atomic E-state index is -1.47. The summed E-state index contributed by atoms with van der Waals surface area (Å²) in [5.41, 5.74) is 6.98. The number of hydrogen-bond acceptors (Lipinski definition) is 8. The molecular weight excluding hydrogens is 491 g/mol. The van der Waals surface area contributed by atoms with Crippen LogP contribution in [0.25, 0.3) is 11.3 Å². The lowest BCUT2D eigenvalue weighted by molar-refractivity contribution is 0.0396. The first kappa shape index (κ1) is 27.5. The molecule has 8 nitrogen and oxygen atoms in total. The molecule has 4 rings (SSSR count). The summed E-state index contributed by atoms with van der Waals surface area (Å²) >= 11 is 0. The van der Waals surface area contributed by atoms with Crippen LogP contribution in [-0.4, -0.2) is 47.9 Å². The van der Waals surface area contributed by atoms with E-state index in [0.717, 1.165) is 5.56 Å². The molecule has 3 aromatic rings. The first-order valence-electron chi connectivity index (χ1n) is 12.5. The minimum Gasteiger partial charge on any atom is -0.493 e. The van der Waals surface area contributed by atoms with Crippen LogP contribution in [0.4, 0.5) is 4.39 Å². The van der Waals surface area contributed by atoms with Gasteiger partial charge in [-0.3, -0.25) is 4.79 Å². The number of rotatable bonds is 11. The van der Waals surface area contributed by atoms with E-state index in [1.807, 2.05) is 6.92 Å². The fraction of sp³-hybridized carbons (Fsp3) is 0.379. The zero-order valence-corrected chi connectivity index (χ0v) is 21.8. The molecule has 2 heterocycles. The van der Waals surface area contributed by atoms with Crippen molar-refractivity contribution in [1.29, 1.82) is 0 Å². The molecule has 0 bridgehead atoms. The third-order valence-electron chi connectivity index (χ3n) is 6.96. The van der Waals surface area contributed by atoms with E-state index in [0.29, 0.717) is 46.2 Å². The molecule has 2 aromatic carbocycles. The summed E-state index contributed by atoms with van der Waals surface area (Å²) in [7, 11) is 1.47. The molecule has 0 saturated carbocycles. The highest BCUT2D eigenvalue weighted by molar-refractivity contribution is 5.96. The third-order valence-corrected chi connectivity index (χ3v) is 6.96. The van der Waals surface area contributed by atoms with Crippen LogP contribution in [0.1, 0.15) is 54.7 Å². The van der Waals surface area contributed by atoms with Gasteiger partial charge in [0.1, 0.15) is 30.3 Å². The Hall–Kier alpha value is -3.53. The van der Waals surface area contributed by atoms with Crippen LogP contribution in [0.5, 0.6) is 17.2 Å². The van der Waals surface area contributed by atoms with Crippen molar-refractivity contribution in [3.05, 3.63) is 71.2 Å². The molecular formula is C29H33FN2O6. The molecule has 9 heteroatoms. The SMILES string of the molecule is CC[C@]1(N)COc2c1cc([C@](C)(O)CCC(=O)c1ccc(OCCO)c(OC)c1)nc2-c1ccc(F)cc1. The summed E-state index contributed by atoms with van der Waals surface area (Å²) in [6, 6.07) is 12.4. The number of methoxy groups -OCH3 is 1. The number of aliphatic hydroxyl groups is 2. The van der Waals surface area contributed by atoms with Gasteiger partial charge in [-0.25, -0.2) is 9.37 Å². The molecule has 0 spiro atoms. The molecule has 0 radical (unpaired) electrons. The number of benzene rings is 2. The normalized spacial score (nSPS) is 17.9. The van der Waals surface area contributed by atoms with E-state index in [2.05, 4.69) is 0 Å². The van der Waals surface area contributed by atoms with Gasteiger partial charge in [0.2, 0.25) is 0 Å². The molecule has 1 aromatic heterocycles. The summed E-state index contributed by atoms with van der Waals surface area (Å²) < 4.78 is 30.3. The molecule has 4 N–H and O–H groups in total. The first-order valence-corrected chi connectivity index (χ1v) is 12.5. The summed E-state index contributed by atoms with van der Waals surface area (Å²) in [6.45, 7) is 3.79. The molecule has 1 aliphatic rings. The predicted octanol–water partition coefficient (Wildman–Crippen LogP) is 4.09. The second-order valence-electron chi connectivity index (χ2n) is 9.67. The molecule has 0 amide bonds. The number of halogens is 1. The highest BCUT2D eigenvalue weighted by Gasteiger charge is 2.40. The Morgan fingerprint density at radius 1 is 1.21 bits per heavy atom. The Labute approximate surface area is 221 Å². The maximum absolute atomic E-state index is 13.6. The molecule has 0 aliphatic carbocycles. The molecule has 38 heavy (non-hydrogen) atoms. The van der Waals surface area contributed by atoms with Gasteiger partial charge in [-0.2, -0.15) is 0 Å². The summed E-state index contributed by atoms with van der Waals surface area (Å²) in [5.74, 6) is 0.747. The van der Waals surface area contributed by atoms with E-state index in [1.54, 1.807) is 43.3 Å². The van der Waals surface area contributed by atoms with Gasteiger partial charge in [0.05, 0.1) is 24.9 Å². The van der Waals surface area contributed by atoms with Crippen molar-refractivity contribution in [2.75, 3.05) is 26.9 Å². The topological polar surface area (TPSA) is 124 Å². The number of aliphatic hydroxyl groups excluding tert-OH is 1. The van der Waals surface area contributed by atoms with Gasteiger partial charge in [-0.15, -0.1) is 0 Å². The Morgan fingerprint density at radius 3 is 2.61 bits per heavy atom. The second-order valence-corrected chi connectivity index (χ2v) is 9.67. The number of ether oxygens (including phenoxy) is 3. The lowest BCUT2D eigenvalue weighted by Gasteiger charge is -2.26. The molecule has 0 saturated heterocycles. The standard InChI is InChI=1S/C29H33FN2O6/c1-4-29(31)17-38-27-21(29)16-25(32-26(27)18-5-8-20(30)9-6-18)28(2,35)12-11-22(34)19-7-10-23(37-14-13-33)24(15-19)36-3/h5-10,15-16,33,35H,4,11-14,17,31H2,1-3H3/t28-,29+/m1/s1. The van der Waals surface area contributed by atoms with Gasteiger partial charge in [-0.1, -0.05) is 6.92 Å². The highest BCUT2D eigenvalue weighted by Crippen LogP contribution is 2.45. The van der Waals surface area contributed by atoms with Gasteiger partial charge >= 0.3 is 0 Å². The van der Waals surface area contributed by atoms with Crippen LogP contribution in [0, 0.1) is 5.82 Å². The molecule has 202 valence electrons. The Bertz CT molecular complexity index is 1310. The monoisotopic (exact) mass is 524 g/mol. The maximum Gasteiger partial charge on any atom is 0.163 e. The average Bonchev–Trinajstić information content (AvgIpc) is 3.27. The number of ketones is 1. The number of pyridine rings is 1. The lowest BCUT2D eigenvalue weighted by Crippen LogP contribution is -2.37. The predicted molar refractivity (Wildman–Crippen MR) is 140 cm³/mol. The zero-order valence-electron chi connectivity index (χ0n) is 21.8.